The Morgan fingerprint density at radius 2 is 1.06 bits per heavy atom. The Balaban J connectivity index is 4.64. The lowest BCUT2D eigenvalue weighted by molar-refractivity contribution is -0.124. The average Bonchev–Trinajstić information content (AvgIpc) is 2.24. The van der Waals surface area contributed by atoms with E-state index in [1.165, 1.54) is 12.2 Å². The van der Waals surface area contributed by atoms with E-state index in [4.69, 9.17) is 0 Å². The first-order valence-corrected chi connectivity index (χ1v) is 5.94. The van der Waals surface area contributed by atoms with Crippen LogP contribution >= 0.6 is 0 Å². The van der Waals surface area contributed by atoms with Crippen LogP contribution in [0, 0.1) is 10.8 Å². The number of allylic oxidation sites excluding steroid dienone is 2. The third-order valence-corrected chi connectivity index (χ3v) is 3.49. The maximum atomic E-state index is 11.8. The second-order valence-corrected chi connectivity index (χ2v) is 5.54. The topological polar surface area (TPSA) is 34.1 Å². The first kappa shape index (κ1) is 15.1. The Morgan fingerprint density at radius 1 is 0.812 bits per heavy atom. The van der Waals surface area contributed by atoms with Gasteiger partial charge in [0.1, 0.15) is 0 Å². The standard InChI is InChI=1S/C14H24O2/c1-7-13(3,4)11(15)9-10-12(16)14(5,6)8-2/h9-10H,7-8H2,1-6H3/b10-9-. The van der Waals surface area contributed by atoms with Crippen molar-refractivity contribution in [3.63, 3.8) is 0 Å². The summed E-state index contributed by atoms with van der Waals surface area (Å²) in [5.74, 6) is 0.0468. The van der Waals surface area contributed by atoms with Crippen molar-refractivity contribution in [2.45, 2.75) is 54.4 Å². The number of ketones is 2. The van der Waals surface area contributed by atoms with Crippen molar-refractivity contribution in [2.75, 3.05) is 0 Å². The Labute approximate surface area is 99.1 Å². The van der Waals surface area contributed by atoms with Crippen molar-refractivity contribution in [1.82, 2.24) is 0 Å². The van der Waals surface area contributed by atoms with Crippen molar-refractivity contribution < 1.29 is 9.59 Å². The van der Waals surface area contributed by atoms with Gasteiger partial charge in [-0.05, 0) is 25.0 Å². The zero-order valence-corrected chi connectivity index (χ0v) is 11.4. The molecule has 0 aliphatic rings. The molecule has 0 spiro atoms. The molecule has 0 radical (unpaired) electrons. The first-order chi connectivity index (χ1) is 7.17. The van der Waals surface area contributed by atoms with Crippen LogP contribution in [0.3, 0.4) is 0 Å². The maximum absolute atomic E-state index is 11.8. The summed E-state index contributed by atoms with van der Waals surface area (Å²) in [6, 6.07) is 0. The minimum Gasteiger partial charge on any atom is -0.294 e. The Bertz CT molecular complexity index is 266. The number of carbonyl (C=O) groups is 2. The van der Waals surface area contributed by atoms with Crippen LogP contribution < -0.4 is 0 Å². The molecule has 0 aliphatic heterocycles. The predicted molar refractivity (Wildman–Crippen MR) is 67.3 cm³/mol. The maximum Gasteiger partial charge on any atom is 0.161 e. The summed E-state index contributed by atoms with van der Waals surface area (Å²) in [5.41, 5.74) is -0.736. The second-order valence-electron chi connectivity index (χ2n) is 5.54. The summed E-state index contributed by atoms with van der Waals surface area (Å²) in [6.07, 6.45) is 4.43. The van der Waals surface area contributed by atoms with Gasteiger partial charge in [0.2, 0.25) is 0 Å². The van der Waals surface area contributed by atoms with E-state index in [1.54, 1.807) is 0 Å². The van der Waals surface area contributed by atoms with E-state index in [9.17, 15) is 9.59 Å². The summed E-state index contributed by atoms with van der Waals surface area (Å²) in [7, 11) is 0. The number of rotatable bonds is 6. The van der Waals surface area contributed by atoms with E-state index < -0.39 is 0 Å². The fourth-order valence-corrected chi connectivity index (χ4v) is 0.951. The van der Waals surface area contributed by atoms with Crippen LogP contribution in [0.15, 0.2) is 12.2 Å². The summed E-state index contributed by atoms with van der Waals surface area (Å²) in [6.45, 7) is 11.5. The third-order valence-electron chi connectivity index (χ3n) is 3.49. The number of hydrogen-bond acceptors (Lipinski definition) is 2. The minimum absolute atomic E-state index is 0.0234. The summed E-state index contributed by atoms with van der Waals surface area (Å²) >= 11 is 0. The molecule has 0 bridgehead atoms. The van der Waals surface area contributed by atoms with Crippen LogP contribution in [0.1, 0.15) is 54.4 Å². The Hall–Kier alpha value is -0.920. The van der Waals surface area contributed by atoms with Gasteiger partial charge in [0.05, 0.1) is 0 Å². The Kier molecular flexibility index (Phi) is 5.11. The lowest BCUT2D eigenvalue weighted by Crippen LogP contribution is -2.24. The Morgan fingerprint density at radius 3 is 1.25 bits per heavy atom. The van der Waals surface area contributed by atoms with Gasteiger partial charge in [-0.15, -0.1) is 0 Å². The highest BCUT2D eigenvalue weighted by atomic mass is 16.1. The largest absolute Gasteiger partial charge is 0.294 e. The van der Waals surface area contributed by atoms with Crippen LogP contribution in [-0.2, 0) is 9.59 Å². The molecule has 0 saturated carbocycles. The molecule has 92 valence electrons. The van der Waals surface area contributed by atoms with Gasteiger partial charge in [0, 0.05) is 10.8 Å². The van der Waals surface area contributed by atoms with E-state index in [2.05, 4.69) is 0 Å². The van der Waals surface area contributed by atoms with Crippen molar-refractivity contribution in [2.24, 2.45) is 10.8 Å². The van der Waals surface area contributed by atoms with E-state index >= 15 is 0 Å². The molecule has 0 atom stereocenters. The summed E-state index contributed by atoms with van der Waals surface area (Å²) in [4.78, 5) is 23.6. The van der Waals surface area contributed by atoms with Gasteiger partial charge < -0.3 is 0 Å². The molecule has 0 fully saturated rings. The fraction of sp³-hybridized carbons (Fsp3) is 0.714. The third kappa shape index (κ3) is 3.92. The molecule has 2 nitrogen and oxygen atoms in total. The lowest BCUT2D eigenvalue weighted by atomic mass is 9.82. The average molecular weight is 224 g/mol. The first-order valence-electron chi connectivity index (χ1n) is 5.94. The smallest absolute Gasteiger partial charge is 0.161 e. The van der Waals surface area contributed by atoms with Gasteiger partial charge in [-0.1, -0.05) is 41.5 Å². The summed E-state index contributed by atoms with van der Waals surface area (Å²) < 4.78 is 0. The second kappa shape index (κ2) is 5.42. The molecule has 16 heavy (non-hydrogen) atoms. The molecule has 0 aromatic rings. The minimum atomic E-state index is -0.368. The van der Waals surface area contributed by atoms with Gasteiger partial charge in [-0.25, -0.2) is 0 Å². The van der Waals surface area contributed by atoms with Crippen molar-refractivity contribution in [3.05, 3.63) is 12.2 Å². The van der Waals surface area contributed by atoms with Crippen molar-refractivity contribution >= 4 is 11.6 Å². The zero-order chi connectivity index (χ0) is 13.0. The van der Waals surface area contributed by atoms with E-state index in [0.29, 0.717) is 0 Å². The van der Waals surface area contributed by atoms with E-state index in [0.717, 1.165) is 12.8 Å². The molecule has 0 aromatic heterocycles. The molecule has 0 aromatic carbocycles. The van der Waals surface area contributed by atoms with Crippen molar-refractivity contribution in [1.29, 1.82) is 0 Å². The molecule has 0 unspecified atom stereocenters. The van der Waals surface area contributed by atoms with Crippen LogP contribution in [0.4, 0.5) is 0 Å². The fourth-order valence-electron chi connectivity index (χ4n) is 0.951. The van der Waals surface area contributed by atoms with Gasteiger partial charge in [-0.3, -0.25) is 9.59 Å². The van der Waals surface area contributed by atoms with Gasteiger partial charge in [0.15, 0.2) is 11.6 Å². The van der Waals surface area contributed by atoms with E-state index in [1.807, 2.05) is 41.5 Å². The molecule has 0 N–H and O–H groups in total. The lowest BCUT2D eigenvalue weighted by Gasteiger charge is -2.20. The molecule has 0 rings (SSSR count). The predicted octanol–water partition coefficient (Wildman–Crippen LogP) is 3.55. The molecule has 0 heterocycles. The molecule has 0 aliphatic carbocycles. The monoisotopic (exact) mass is 224 g/mol. The number of hydrogen-bond donors (Lipinski definition) is 0. The molecule has 0 saturated heterocycles. The van der Waals surface area contributed by atoms with Crippen LogP contribution in [0.2, 0.25) is 0 Å². The van der Waals surface area contributed by atoms with Crippen LogP contribution in [-0.4, -0.2) is 11.6 Å². The molecule has 2 heteroatoms. The van der Waals surface area contributed by atoms with Gasteiger partial charge in [-0.2, -0.15) is 0 Å². The highest BCUT2D eigenvalue weighted by Gasteiger charge is 2.25. The van der Waals surface area contributed by atoms with Crippen LogP contribution in [0.5, 0.6) is 0 Å². The number of carbonyl (C=O) groups excluding carboxylic acids is 2. The zero-order valence-electron chi connectivity index (χ0n) is 11.4. The quantitative estimate of drug-likeness (QED) is 0.646. The van der Waals surface area contributed by atoms with E-state index in [-0.39, 0.29) is 22.4 Å². The van der Waals surface area contributed by atoms with Crippen LogP contribution in [0.25, 0.3) is 0 Å². The molecule has 0 amide bonds. The normalized spacial score (nSPS) is 13.1. The summed E-state index contributed by atoms with van der Waals surface area (Å²) in [5, 5.41) is 0. The molecular weight excluding hydrogens is 200 g/mol. The highest BCUT2D eigenvalue weighted by Crippen LogP contribution is 2.24. The van der Waals surface area contributed by atoms with Gasteiger partial charge in [0.25, 0.3) is 0 Å². The van der Waals surface area contributed by atoms with Crippen molar-refractivity contribution in [3.8, 4) is 0 Å². The highest BCUT2D eigenvalue weighted by molar-refractivity contribution is 6.02. The SMILES string of the molecule is CCC(C)(C)C(=O)/C=C\C(=O)C(C)(C)CC. The van der Waals surface area contributed by atoms with Gasteiger partial charge >= 0.3 is 0 Å². The molecular formula is C14H24O2.